The number of alkyl halides is 12. The second kappa shape index (κ2) is 13.3. The van der Waals surface area contributed by atoms with Gasteiger partial charge in [0.2, 0.25) is 0 Å². The molecular formula is C34H34F12N4. The molecule has 16 heteroatoms. The van der Waals surface area contributed by atoms with Gasteiger partial charge < -0.3 is 9.80 Å². The Labute approximate surface area is 280 Å². The molecule has 0 aromatic heterocycles. The van der Waals surface area contributed by atoms with Crippen LogP contribution in [0, 0.1) is 11.8 Å². The van der Waals surface area contributed by atoms with Crippen LogP contribution in [0.25, 0.3) is 0 Å². The first-order valence-electron chi connectivity index (χ1n) is 16.6. The fourth-order valence-corrected chi connectivity index (χ4v) is 7.63. The molecule has 274 valence electrons. The molecule has 50 heavy (non-hydrogen) atoms. The van der Waals surface area contributed by atoms with Crippen LogP contribution in [0.3, 0.4) is 0 Å². The van der Waals surface area contributed by atoms with E-state index in [0.29, 0.717) is 49.9 Å². The predicted octanol–water partition coefficient (Wildman–Crippen LogP) is 10.8. The molecule has 2 heterocycles. The fourth-order valence-electron chi connectivity index (χ4n) is 7.63. The van der Waals surface area contributed by atoms with E-state index in [1.54, 1.807) is 0 Å². The van der Waals surface area contributed by atoms with Crippen molar-refractivity contribution in [2.75, 3.05) is 22.9 Å². The summed E-state index contributed by atoms with van der Waals surface area (Å²) in [5.74, 6) is -0.548. The zero-order chi connectivity index (χ0) is 36.2. The van der Waals surface area contributed by atoms with Crippen LogP contribution in [0.4, 0.5) is 64.1 Å². The number of rotatable bonds is 5. The van der Waals surface area contributed by atoms with Crippen LogP contribution in [-0.2, 0) is 24.7 Å². The Morgan fingerprint density at radius 1 is 0.420 bits per heavy atom. The summed E-state index contributed by atoms with van der Waals surface area (Å²) in [7, 11) is 0. The summed E-state index contributed by atoms with van der Waals surface area (Å²) in [6, 6.07) is 0.983. The van der Waals surface area contributed by atoms with E-state index in [9.17, 15) is 52.7 Å². The minimum Gasteiger partial charge on any atom is -0.321 e. The standard InChI is InChI=1S/C34H34F12N4/c35-31(36,37)21-11-22(32(38,39)40)14-25(13-21)49-17-27(19-7-3-1-4-8-19)47-29(49)30-48-28(20-9-5-2-6-10-20)18-50(30)26-15-23(33(41,42)43)12-24(16-26)34(44,45)46/h11-16,19-20,27-28H,1-10,17-18H2/t27-,28-/m1/s1. The molecule has 2 fully saturated rings. The highest BCUT2D eigenvalue weighted by Crippen LogP contribution is 2.43. The quantitative estimate of drug-likeness (QED) is 0.287. The van der Waals surface area contributed by atoms with Crippen molar-refractivity contribution in [2.45, 2.75) is 101 Å². The van der Waals surface area contributed by atoms with Crippen LogP contribution < -0.4 is 9.80 Å². The molecule has 6 rings (SSSR count). The Bertz CT molecular complexity index is 1430. The lowest BCUT2D eigenvalue weighted by atomic mass is 9.84. The number of nitrogens with zero attached hydrogens (tertiary/aromatic N) is 4. The van der Waals surface area contributed by atoms with E-state index in [4.69, 9.17) is 9.98 Å². The third kappa shape index (κ3) is 7.73. The Kier molecular flexibility index (Phi) is 9.64. The molecule has 0 saturated heterocycles. The van der Waals surface area contributed by atoms with Gasteiger partial charge in [-0.1, -0.05) is 38.5 Å². The predicted molar refractivity (Wildman–Crippen MR) is 163 cm³/mol. The fraction of sp³-hybridized carbons (Fsp3) is 0.588. The van der Waals surface area contributed by atoms with Crippen LogP contribution in [-0.4, -0.2) is 36.8 Å². The molecule has 0 radical (unpaired) electrons. The first-order valence-corrected chi connectivity index (χ1v) is 16.6. The van der Waals surface area contributed by atoms with E-state index in [1.807, 2.05) is 0 Å². The van der Waals surface area contributed by atoms with Crippen molar-refractivity contribution < 1.29 is 52.7 Å². The van der Waals surface area contributed by atoms with Crippen LogP contribution in [0.1, 0.15) is 86.5 Å². The zero-order valence-electron chi connectivity index (χ0n) is 26.6. The number of hydrogen-bond donors (Lipinski definition) is 0. The van der Waals surface area contributed by atoms with E-state index >= 15 is 0 Å². The van der Waals surface area contributed by atoms with Gasteiger partial charge >= 0.3 is 24.7 Å². The summed E-state index contributed by atoms with van der Waals surface area (Å²) in [6.45, 7) is -0.286. The van der Waals surface area contributed by atoms with Crippen molar-refractivity contribution in [3.05, 3.63) is 58.7 Å². The largest absolute Gasteiger partial charge is 0.416 e. The first kappa shape index (κ1) is 36.3. The lowest BCUT2D eigenvalue weighted by Crippen LogP contribution is -2.43. The van der Waals surface area contributed by atoms with Gasteiger partial charge in [0.25, 0.3) is 0 Å². The van der Waals surface area contributed by atoms with Crippen molar-refractivity contribution in [1.29, 1.82) is 0 Å². The summed E-state index contributed by atoms with van der Waals surface area (Å²) in [5.41, 5.74) is -7.29. The van der Waals surface area contributed by atoms with E-state index in [2.05, 4.69) is 0 Å². The second-order valence-corrected chi connectivity index (χ2v) is 13.6. The summed E-state index contributed by atoms with van der Waals surface area (Å²) in [6.07, 6.45) is -12.7. The number of halogens is 12. The number of amidine groups is 2. The average Bonchev–Trinajstić information content (AvgIpc) is 3.69. The molecule has 2 aliphatic heterocycles. The second-order valence-electron chi connectivity index (χ2n) is 13.6. The smallest absolute Gasteiger partial charge is 0.321 e. The third-order valence-electron chi connectivity index (χ3n) is 10.2. The van der Waals surface area contributed by atoms with E-state index in [0.717, 1.165) is 48.3 Å². The summed E-state index contributed by atoms with van der Waals surface area (Å²) >= 11 is 0. The summed E-state index contributed by atoms with van der Waals surface area (Å²) < 4.78 is 168. The van der Waals surface area contributed by atoms with E-state index < -0.39 is 70.4 Å². The monoisotopic (exact) mass is 726 g/mol. The molecule has 4 aliphatic rings. The third-order valence-corrected chi connectivity index (χ3v) is 10.2. The van der Waals surface area contributed by atoms with Crippen LogP contribution >= 0.6 is 0 Å². The number of hydrogen-bond acceptors (Lipinski definition) is 4. The lowest BCUT2D eigenvalue weighted by molar-refractivity contribution is -0.144. The topological polar surface area (TPSA) is 31.2 Å². The van der Waals surface area contributed by atoms with Gasteiger partial charge in [-0.3, -0.25) is 9.98 Å². The van der Waals surface area contributed by atoms with Gasteiger partial charge in [0.15, 0.2) is 11.7 Å². The highest BCUT2D eigenvalue weighted by molar-refractivity contribution is 6.50. The molecule has 2 aromatic rings. The van der Waals surface area contributed by atoms with Crippen molar-refractivity contribution in [2.24, 2.45) is 21.8 Å². The van der Waals surface area contributed by atoms with E-state index in [1.165, 1.54) is 0 Å². The van der Waals surface area contributed by atoms with Crippen molar-refractivity contribution in [1.82, 2.24) is 0 Å². The van der Waals surface area contributed by atoms with Crippen LogP contribution in [0.5, 0.6) is 0 Å². The van der Waals surface area contributed by atoms with Gasteiger partial charge in [-0.15, -0.1) is 0 Å². The Balaban J connectivity index is 1.52. The Morgan fingerprint density at radius 2 is 0.700 bits per heavy atom. The van der Waals surface area contributed by atoms with Gasteiger partial charge in [0, 0.05) is 24.5 Å². The number of anilines is 2. The molecule has 0 N–H and O–H groups in total. The molecule has 2 atom stereocenters. The highest BCUT2D eigenvalue weighted by Gasteiger charge is 2.45. The lowest BCUT2D eigenvalue weighted by Gasteiger charge is -2.29. The molecule has 4 nitrogen and oxygen atoms in total. The maximum absolute atomic E-state index is 14.0. The van der Waals surface area contributed by atoms with Crippen molar-refractivity contribution in [3.8, 4) is 0 Å². The molecular weight excluding hydrogens is 692 g/mol. The maximum Gasteiger partial charge on any atom is 0.416 e. The average molecular weight is 727 g/mol. The summed E-state index contributed by atoms with van der Waals surface area (Å²) in [5, 5.41) is 0. The molecule has 2 aliphatic carbocycles. The molecule has 0 bridgehead atoms. The van der Waals surface area contributed by atoms with Gasteiger partial charge in [-0.2, -0.15) is 52.7 Å². The molecule has 0 amide bonds. The number of aliphatic imine (C=N–C) groups is 2. The molecule has 2 aromatic carbocycles. The van der Waals surface area contributed by atoms with Gasteiger partial charge in [0.05, 0.1) is 34.3 Å². The minimum atomic E-state index is -5.16. The number of benzene rings is 2. The van der Waals surface area contributed by atoms with Gasteiger partial charge in [-0.05, 0) is 73.9 Å². The Morgan fingerprint density at radius 3 is 0.960 bits per heavy atom. The SMILES string of the molecule is FC(F)(F)c1cc(N2C[C@H](C3CCCCC3)N=C2C2=N[C@@H](C3CCCCC3)CN2c2cc(C(F)(F)F)cc(C(F)(F)F)c2)cc(C(F)(F)F)c1. The molecule has 0 unspecified atom stereocenters. The normalized spacial score (nSPS) is 23.4. The zero-order valence-corrected chi connectivity index (χ0v) is 26.6. The van der Waals surface area contributed by atoms with E-state index in [-0.39, 0.29) is 48.7 Å². The first-order chi connectivity index (χ1) is 23.3. The summed E-state index contributed by atoms with van der Waals surface area (Å²) in [4.78, 5) is 11.9. The van der Waals surface area contributed by atoms with Gasteiger partial charge in [0.1, 0.15) is 0 Å². The maximum atomic E-state index is 14.0. The molecule has 0 spiro atoms. The van der Waals surface area contributed by atoms with Crippen molar-refractivity contribution >= 4 is 23.0 Å². The minimum absolute atomic E-state index is 0.00515. The molecule has 2 saturated carbocycles. The van der Waals surface area contributed by atoms with Gasteiger partial charge in [-0.25, -0.2) is 0 Å². The highest BCUT2D eigenvalue weighted by atomic mass is 19.4. The van der Waals surface area contributed by atoms with Crippen molar-refractivity contribution in [3.63, 3.8) is 0 Å². The van der Waals surface area contributed by atoms with Crippen LogP contribution in [0.15, 0.2) is 46.4 Å². The Hall–Kier alpha value is -3.46. The van der Waals surface area contributed by atoms with Crippen LogP contribution in [0.2, 0.25) is 0 Å².